The number of carbonyl (C=O) groups excluding carboxylic acids is 1. The normalized spacial score (nSPS) is 16.5. The lowest BCUT2D eigenvalue weighted by Crippen LogP contribution is -2.20. The van der Waals surface area contributed by atoms with Crippen molar-refractivity contribution in [1.82, 2.24) is 10.4 Å². The molecule has 6 nitrogen and oxygen atoms in total. The van der Waals surface area contributed by atoms with E-state index in [2.05, 4.69) is 21.2 Å². The van der Waals surface area contributed by atoms with Crippen LogP contribution in [0.25, 0.3) is 0 Å². The van der Waals surface area contributed by atoms with Gasteiger partial charge in [-0.3, -0.25) is 9.59 Å². The summed E-state index contributed by atoms with van der Waals surface area (Å²) in [6.45, 7) is 0. The van der Waals surface area contributed by atoms with Crippen molar-refractivity contribution in [3.05, 3.63) is 58.0 Å². The van der Waals surface area contributed by atoms with Crippen LogP contribution < -0.4 is 21.7 Å². The summed E-state index contributed by atoms with van der Waals surface area (Å²) < 4.78 is 0. The van der Waals surface area contributed by atoms with E-state index in [1.165, 1.54) is 6.07 Å². The average Bonchev–Trinajstić information content (AvgIpc) is 2.83. The molecule has 2 aromatic rings. The molecule has 1 aromatic carbocycles. The van der Waals surface area contributed by atoms with E-state index >= 15 is 0 Å². The van der Waals surface area contributed by atoms with E-state index in [9.17, 15) is 9.59 Å². The zero-order valence-electron chi connectivity index (χ0n) is 9.94. The van der Waals surface area contributed by atoms with Crippen molar-refractivity contribution in [2.24, 2.45) is 0 Å². The standard InChI is InChI=1S/C13H12N4O2/c18-7-15-9-2-3-11-10(5-9)13(17-16-11)8-1-4-12(19)14-6-8/h1-7,13,16-17H,(H,14,19)(H,15,18). The first kappa shape index (κ1) is 11.5. The maximum atomic E-state index is 11.1. The molecule has 0 saturated heterocycles. The van der Waals surface area contributed by atoms with Crippen LogP contribution in [0.2, 0.25) is 0 Å². The highest BCUT2D eigenvalue weighted by Gasteiger charge is 2.23. The molecular weight excluding hydrogens is 244 g/mol. The van der Waals surface area contributed by atoms with E-state index in [-0.39, 0.29) is 11.6 Å². The molecule has 1 amide bonds. The van der Waals surface area contributed by atoms with Gasteiger partial charge in [-0.25, -0.2) is 5.43 Å². The Morgan fingerprint density at radius 1 is 1.21 bits per heavy atom. The third-order valence-corrected chi connectivity index (χ3v) is 3.08. The summed E-state index contributed by atoms with van der Waals surface area (Å²) in [6, 6.07) is 8.79. The van der Waals surface area contributed by atoms with Gasteiger partial charge in [0, 0.05) is 23.5 Å². The number of H-pyrrole nitrogens is 1. The number of carbonyl (C=O) groups is 1. The maximum Gasteiger partial charge on any atom is 0.247 e. The number of hydrazine groups is 1. The first-order chi connectivity index (χ1) is 9.28. The molecule has 0 saturated carbocycles. The van der Waals surface area contributed by atoms with Crippen LogP contribution in [-0.2, 0) is 4.79 Å². The summed E-state index contributed by atoms with van der Waals surface area (Å²) in [4.78, 5) is 24.2. The number of amides is 1. The van der Waals surface area contributed by atoms with Gasteiger partial charge in [-0.2, -0.15) is 0 Å². The second kappa shape index (κ2) is 4.58. The van der Waals surface area contributed by atoms with Crippen LogP contribution in [0.5, 0.6) is 0 Å². The van der Waals surface area contributed by atoms with E-state index in [0.717, 1.165) is 22.5 Å². The van der Waals surface area contributed by atoms with Gasteiger partial charge in [-0.15, -0.1) is 0 Å². The Morgan fingerprint density at radius 2 is 2.11 bits per heavy atom. The molecule has 2 heterocycles. The highest BCUT2D eigenvalue weighted by Crippen LogP contribution is 2.34. The zero-order chi connectivity index (χ0) is 13.2. The third-order valence-electron chi connectivity index (χ3n) is 3.08. The molecule has 1 unspecified atom stereocenters. The predicted octanol–water partition coefficient (Wildman–Crippen LogP) is 0.963. The minimum Gasteiger partial charge on any atom is -0.329 e. The molecule has 4 N–H and O–H groups in total. The van der Waals surface area contributed by atoms with Crippen LogP contribution in [0.1, 0.15) is 17.2 Å². The van der Waals surface area contributed by atoms with E-state index in [1.807, 2.05) is 18.2 Å². The summed E-state index contributed by atoms with van der Waals surface area (Å²) in [5.41, 5.74) is 9.71. The molecule has 1 aromatic heterocycles. The molecule has 3 rings (SSSR count). The van der Waals surface area contributed by atoms with E-state index in [1.54, 1.807) is 12.3 Å². The average molecular weight is 256 g/mol. The zero-order valence-corrected chi connectivity index (χ0v) is 9.94. The molecule has 0 spiro atoms. The largest absolute Gasteiger partial charge is 0.329 e. The molecule has 0 fully saturated rings. The highest BCUT2D eigenvalue weighted by atomic mass is 16.1. The van der Waals surface area contributed by atoms with Crippen molar-refractivity contribution in [3.8, 4) is 0 Å². The van der Waals surface area contributed by atoms with Gasteiger partial charge in [0.25, 0.3) is 0 Å². The first-order valence-electron chi connectivity index (χ1n) is 5.82. The summed E-state index contributed by atoms with van der Waals surface area (Å²) in [5.74, 6) is 0. The fraction of sp³-hybridized carbons (Fsp3) is 0.0769. The SMILES string of the molecule is O=CNc1ccc2c(c1)C(c1ccc(=O)[nH]c1)NN2. The Labute approximate surface area is 108 Å². The number of rotatable bonds is 3. The summed E-state index contributed by atoms with van der Waals surface area (Å²) in [5, 5.41) is 2.62. The molecule has 1 aliphatic heterocycles. The second-order valence-electron chi connectivity index (χ2n) is 4.25. The Balaban J connectivity index is 2.00. The van der Waals surface area contributed by atoms with Crippen molar-refractivity contribution in [1.29, 1.82) is 0 Å². The van der Waals surface area contributed by atoms with Gasteiger partial charge in [0.1, 0.15) is 0 Å². The molecule has 0 aliphatic carbocycles. The molecule has 0 bridgehead atoms. The molecule has 1 aliphatic rings. The monoisotopic (exact) mass is 256 g/mol. The molecular formula is C13H12N4O2. The molecule has 96 valence electrons. The van der Waals surface area contributed by atoms with Crippen LogP contribution >= 0.6 is 0 Å². The van der Waals surface area contributed by atoms with Crippen LogP contribution in [-0.4, -0.2) is 11.4 Å². The van der Waals surface area contributed by atoms with Gasteiger partial charge in [-0.1, -0.05) is 6.07 Å². The van der Waals surface area contributed by atoms with Crippen molar-refractivity contribution < 1.29 is 4.79 Å². The van der Waals surface area contributed by atoms with Crippen LogP contribution in [0, 0.1) is 0 Å². The second-order valence-corrected chi connectivity index (χ2v) is 4.25. The summed E-state index contributed by atoms with van der Waals surface area (Å²) in [7, 11) is 0. The Kier molecular flexibility index (Phi) is 2.77. The number of hydrogen-bond acceptors (Lipinski definition) is 4. The Hall–Kier alpha value is -2.60. The van der Waals surface area contributed by atoms with E-state index < -0.39 is 0 Å². The fourth-order valence-corrected chi connectivity index (χ4v) is 2.17. The van der Waals surface area contributed by atoms with Gasteiger partial charge in [0.05, 0.1) is 11.7 Å². The summed E-state index contributed by atoms with van der Waals surface area (Å²) >= 11 is 0. The number of hydrogen-bond donors (Lipinski definition) is 4. The fourth-order valence-electron chi connectivity index (χ4n) is 2.17. The van der Waals surface area contributed by atoms with E-state index in [4.69, 9.17) is 0 Å². The number of fused-ring (bicyclic) bond motifs is 1. The molecule has 0 radical (unpaired) electrons. The molecule has 19 heavy (non-hydrogen) atoms. The number of aromatic amines is 1. The first-order valence-corrected chi connectivity index (χ1v) is 5.82. The number of aromatic nitrogens is 1. The van der Waals surface area contributed by atoms with Gasteiger partial charge in [0.2, 0.25) is 12.0 Å². The minimum atomic E-state index is -0.133. The van der Waals surface area contributed by atoms with Crippen molar-refractivity contribution in [3.63, 3.8) is 0 Å². The van der Waals surface area contributed by atoms with Gasteiger partial charge in [0.15, 0.2) is 0 Å². The predicted molar refractivity (Wildman–Crippen MR) is 71.8 cm³/mol. The number of anilines is 2. The van der Waals surface area contributed by atoms with Crippen LogP contribution in [0.3, 0.4) is 0 Å². The quantitative estimate of drug-likeness (QED) is 0.616. The van der Waals surface area contributed by atoms with Crippen molar-refractivity contribution >= 4 is 17.8 Å². The Bertz CT molecular complexity index is 660. The third kappa shape index (κ3) is 2.09. The maximum absolute atomic E-state index is 11.1. The molecule has 1 atom stereocenters. The lowest BCUT2D eigenvalue weighted by Gasteiger charge is -2.11. The van der Waals surface area contributed by atoms with Gasteiger partial charge < -0.3 is 15.7 Å². The highest BCUT2D eigenvalue weighted by molar-refractivity contribution is 5.74. The lowest BCUT2D eigenvalue weighted by molar-refractivity contribution is -0.105. The van der Waals surface area contributed by atoms with Gasteiger partial charge in [-0.05, 0) is 23.8 Å². The topological polar surface area (TPSA) is 86.0 Å². The summed E-state index contributed by atoms with van der Waals surface area (Å²) in [6.07, 6.45) is 2.32. The number of nitrogens with one attached hydrogen (secondary N) is 4. The van der Waals surface area contributed by atoms with Crippen LogP contribution in [0.15, 0.2) is 41.3 Å². The Morgan fingerprint density at radius 3 is 2.84 bits per heavy atom. The van der Waals surface area contributed by atoms with Crippen molar-refractivity contribution in [2.45, 2.75) is 6.04 Å². The molecule has 6 heteroatoms. The van der Waals surface area contributed by atoms with Crippen molar-refractivity contribution in [2.75, 3.05) is 10.7 Å². The van der Waals surface area contributed by atoms with E-state index in [0.29, 0.717) is 6.41 Å². The number of benzene rings is 1. The smallest absolute Gasteiger partial charge is 0.247 e. The number of pyridine rings is 1. The lowest BCUT2D eigenvalue weighted by atomic mass is 10.0. The van der Waals surface area contributed by atoms with Crippen LogP contribution in [0.4, 0.5) is 11.4 Å². The minimum absolute atomic E-state index is 0.0692. The van der Waals surface area contributed by atoms with Gasteiger partial charge >= 0.3 is 0 Å².